The van der Waals surface area contributed by atoms with Gasteiger partial charge >= 0.3 is 0 Å². The maximum atomic E-state index is 5.00. The Bertz CT molecular complexity index is 3440. The average molecular weight is 763 g/mol. The molecule has 0 radical (unpaired) electrons. The first-order valence-corrected chi connectivity index (χ1v) is 20.5. The highest BCUT2D eigenvalue weighted by atomic mass is 15.0. The fourth-order valence-electron chi connectivity index (χ4n) is 10.3. The van der Waals surface area contributed by atoms with E-state index >= 15 is 0 Å². The van der Waals surface area contributed by atoms with Crippen molar-refractivity contribution in [2.45, 2.75) is 5.41 Å². The lowest BCUT2D eigenvalue weighted by atomic mass is 9.70. The molecule has 1 spiro atoms. The van der Waals surface area contributed by atoms with E-state index in [4.69, 9.17) is 15.0 Å². The molecule has 0 bridgehead atoms. The molecular weight excluding hydrogens is 729 g/mol. The van der Waals surface area contributed by atoms with Crippen LogP contribution in [0.5, 0.6) is 0 Å². The van der Waals surface area contributed by atoms with E-state index in [1.54, 1.807) is 0 Å². The molecule has 0 saturated heterocycles. The average Bonchev–Trinajstić information content (AvgIpc) is 3.92. The molecular formula is C56H34N4. The molecule has 0 unspecified atom stereocenters. The third kappa shape index (κ3) is 4.59. The summed E-state index contributed by atoms with van der Waals surface area (Å²) >= 11 is 0. The standard InChI is InChI=1S/C56H34N4/c1-3-15-35(16-4-1)53-57-54(36-17-5-2-6-18-36)59-55(58-53)39-28-27-38-32-40(30-29-37(38)31-39)60-51-26-14-10-22-44(51)46-33-50-45(34-52(46)60)43-21-9-13-25-49(43)56(50)47-23-11-7-19-41(47)42-20-8-12-24-48(42)56/h1-34H. The lowest BCUT2D eigenvalue weighted by Gasteiger charge is -2.30. The minimum Gasteiger partial charge on any atom is -0.309 e. The molecule has 0 atom stereocenters. The minimum absolute atomic E-state index is 0.389. The van der Waals surface area contributed by atoms with Gasteiger partial charge in [-0.3, -0.25) is 0 Å². The second kappa shape index (κ2) is 12.5. The highest BCUT2D eigenvalue weighted by Crippen LogP contribution is 2.63. The van der Waals surface area contributed by atoms with Gasteiger partial charge in [-0.2, -0.15) is 0 Å². The van der Waals surface area contributed by atoms with Crippen LogP contribution in [0.15, 0.2) is 206 Å². The van der Waals surface area contributed by atoms with Gasteiger partial charge in [0.15, 0.2) is 17.5 Å². The molecule has 9 aromatic carbocycles. The van der Waals surface area contributed by atoms with Gasteiger partial charge in [0.05, 0.1) is 16.4 Å². The van der Waals surface area contributed by atoms with Gasteiger partial charge in [0.1, 0.15) is 0 Å². The first-order valence-electron chi connectivity index (χ1n) is 20.5. The SMILES string of the molecule is c1ccc(-c2nc(-c3ccccc3)nc(-c3ccc4cc(-n5c6ccccc6c6cc7c(cc65)-c5ccccc5C75c6ccccc6-c6ccccc65)ccc4c3)n2)cc1. The highest BCUT2D eigenvalue weighted by Gasteiger charge is 2.51. The van der Waals surface area contributed by atoms with Crippen molar-refractivity contribution >= 4 is 32.6 Å². The molecule has 0 N–H and O–H groups in total. The molecule has 13 rings (SSSR count). The smallest absolute Gasteiger partial charge is 0.164 e. The van der Waals surface area contributed by atoms with Gasteiger partial charge in [-0.1, -0.05) is 170 Å². The van der Waals surface area contributed by atoms with Crippen LogP contribution in [0, 0.1) is 0 Å². The van der Waals surface area contributed by atoms with Crippen molar-refractivity contribution in [1.29, 1.82) is 0 Å². The Labute approximate surface area is 346 Å². The summed E-state index contributed by atoms with van der Waals surface area (Å²) in [5.74, 6) is 1.96. The van der Waals surface area contributed by atoms with E-state index in [1.807, 2.05) is 60.7 Å². The van der Waals surface area contributed by atoms with Gasteiger partial charge in [-0.25, -0.2) is 15.0 Å². The second-order valence-corrected chi connectivity index (χ2v) is 15.9. The summed E-state index contributed by atoms with van der Waals surface area (Å²) in [5.41, 5.74) is 16.6. The zero-order valence-electron chi connectivity index (χ0n) is 32.4. The van der Waals surface area contributed by atoms with Crippen LogP contribution in [0.25, 0.3) is 94.7 Å². The van der Waals surface area contributed by atoms with E-state index < -0.39 is 0 Å². The van der Waals surface area contributed by atoms with Crippen molar-refractivity contribution < 1.29 is 0 Å². The molecule has 0 aliphatic heterocycles. The topological polar surface area (TPSA) is 43.6 Å². The minimum atomic E-state index is -0.389. The summed E-state index contributed by atoms with van der Waals surface area (Å²) in [6, 6.07) is 74.5. The van der Waals surface area contributed by atoms with Gasteiger partial charge in [0.25, 0.3) is 0 Å². The maximum Gasteiger partial charge on any atom is 0.164 e. The zero-order valence-corrected chi connectivity index (χ0v) is 32.4. The number of hydrogen-bond donors (Lipinski definition) is 0. The lowest BCUT2D eigenvalue weighted by molar-refractivity contribution is 0.795. The van der Waals surface area contributed by atoms with Crippen LogP contribution >= 0.6 is 0 Å². The van der Waals surface area contributed by atoms with E-state index in [2.05, 4.69) is 150 Å². The summed E-state index contributed by atoms with van der Waals surface area (Å²) in [7, 11) is 0. The third-order valence-corrected chi connectivity index (χ3v) is 12.8. The molecule has 2 aliphatic rings. The molecule has 0 amide bonds. The second-order valence-electron chi connectivity index (χ2n) is 15.9. The molecule has 2 aromatic heterocycles. The molecule has 278 valence electrons. The molecule has 4 heteroatoms. The molecule has 0 saturated carbocycles. The van der Waals surface area contributed by atoms with Crippen LogP contribution in [-0.4, -0.2) is 19.5 Å². The molecule has 2 aliphatic carbocycles. The summed E-state index contributed by atoms with van der Waals surface area (Å²) in [4.78, 5) is 14.9. The fraction of sp³-hybridized carbons (Fsp3) is 0.0179. The van der Waals surface area contributed by atoms with Crippen LogP contribution in [0.2, 0.25) is 0 Å². The lowest BCUT2D eigenvalue weighted by Crippen LogP contribution is -2.25. The monoisotopic (exact) mass is 762 g/mol. The van der Waals surface area contributed by atoms with Gasteiger partial charge in [0, 0.05) is 33.2 Å². The van der Waals surface area contributed by atoms with Crippen LogP contribution in [0.3, 0.4) is 0 Å². The Morgan fingerprint density at radius 3 is 1.45 bits per heavy atom. The van der Waals surface area contributed by atoms with Crippen molar-refractivity contribution in [2.75, 3.05) is 0 Å². The van der Waals surface area contributed by atoms with Crippen LogP contribution in [-0.2, 0) is 5.41 Å². The number of fused-ring (bicyclic) bond motifs is 14. The van der Waals surface area contributed by atoms with Crippen LogP contribution < -0.4 is 0 Å². The summed E-state index contributed by atoms with van der Waals surface area (Å²) in [5, 5.41) is 4.77. The van der Waals surface area contributed by atoms with Crippen LogP contribution in [0.4, 0.5) is 0 Å². The quantitative estimate of drug-likeness (QED) is 0.179. The van der Waals surface area contributed by atoms with Crippen molar-refractivity contribution in [3.05, 3.63) is 229 Å². The Morgan fingerprint density at radius 1 is 0.317 bits per heavy atom. The Balaban J connectivity index is 0.988. The largest absolute Gasteiger partial charge is 0.309 e. The summed E-state index contributed by atoms with van der Waals surface area (Å²) < 4.78 is 2.45. The zero-order chi connectivity index (χ0) is 39.4. The first kappa shape index (κ1) is 33.1. The fourth-order valence-corrected chi connectivity index (χ4v) is 10.3. The number of hydrogen-bond acceptors (Lipinski definition) is 3. The number of para-hydroxylation sites is 1. The van der Waals surface area contributed by atoms with Gasteiger partial charge in [-0.15, -0.1) is 0 Å². The van der Waals surface area contributed by atoms with Crippen molar-refractivity contribution in [2.24, 2.45) is 0 Å². The summed E-state index contributed by atoms with van der Waals surface area (Å²) in [6.45, 7) is 0. The van der Waals surface area contributed by atoms with E-state index in [0.717, 1.165) is 33.2 Å². The van der Waals surface area contributed by atoms with E-state index in [9.17, 15) is 0 Å². The molecule has 0 fully saturated rings. The Morgan fingerprint density at radius 2 is 0.817 bits per heavy atom. The number of rotatable bonds is 4. The predicted molar refractivity (Wildman–Crippen MR) is 244 cm³/mol. The number of nitrogens with zero attached hydrogens (tertiary/aromatic N) is 4. The highest BCUT2D eigenvalue weighted by molar-refractivity contribution is 6.12. The summed E-state index contributed by atoms with van der Waals surface area (Å²) in [6.07, 6.45) is 0. The maximum absolute atomic E-state index is 5.00. The van der Waals surface area contributed by atoms with Gasteiger partial charge in [-0.05, 0) is 91.7 Å². The predicted octanol–water partition coefficient (Wildman–Crippen LogP) is 13.5. The van der Waals surface area contributed by atoms with Crippen molar-refractivity contribution in [3.63, 3.8) is 0 Å². The third-order valence-electron chi connectivity index (χ3n) is 12.8. The molecule has 2 heterocycles. The van der Waals surface area contributed by atoms with Crippen LogP contribution in [0.1, 0.15) is 22.3 Å². The molecule has 60 heavy (non-hydrogen) atoms. The van der Waals surface area contributed by atoms with E-state index in [0.29, 0.717) is 17.5 Å². The van der Waals surface area contributed by atoms with E-state index in [1.165, 1.54) is 66.3 Å². The number of aromatic nitrogens is 4. The Kier molecular flexibility index (Phi) is 6.90. The normalized spacial score (nSPS) is 13.1. The van der Waals surface area contributed by atoms with E-state index in [-0.39, 0.29) is 5.41 Å². The van der Waals surface area contributed by atoms with Crippen molar-refractivity contribution in [1.82, 2.24) is 19.5 Å². The van der Waals surface area contributed by atoms with Gasteiger partial charge in [0.2, 0.25) is 0 Å². The first-order chi connectivity index (χ1) is 29.7. The number of benzene rings is 9. The Hall–Kier alpha value is -7.95. The molecule has 11 aromatic rings. The van der Waals surface area contributed by atoms with Crippen molar-refractivity contribution in [3.8, 4) is 62.1 Å². The molecule has 4 nitrogen and oxygen atoms in total. The van der Waals surface area contributed by atoms with Gasteiger partial charge < -0.3 is 4.57 Å².